The van der Waals surface area contributed by atoms with Crippen molar-refractivity contribution in [2.75, 3.05) is 31.9 Å². The maximum absolute atomic E-state index is 12.2. The van der Waals surface area contributed by atoms with Gasteiger partial charge in [0.2, 0.25) is 0 Å². The van der Waals surface area contributed by atoms with Crippen molar-refractivity contribution in [3.05, 3.63) is 34.9 Å². The largest absolute Gasteiger partial charge is 0.357 e. The molecule has 1 heterocycles. The van der Waals surface area contributed by atoms with E-state index >= 15 is 0 Å². The van der Waals surface area contributed by atoms with Crippen LogP contribution in [-0.4, -0.2) is 56.0 Å². The molecule has 1 N–H and O–H groups in total. The van der Waals surface area contributed by atoms with Gasteiger partial charge in [-0.1, -0.05) is 29.8 Å². The second kappa shape index (κ2) is 9.41. The van der Waals surface area contributed by atoms with Crippen LogP contribution in [0.3, 0.4) is 0 Å². The average molecular weight is 500 g/mol. The Morgan fingerprint density at radius 1 is 1.36 bits per heavy atom. The van der Waals surface area contributed by atoms with Crippen LogP contribution in [0, 0.1) is 0 Å². The zero-order valence-corrected chi connectivity index (χ0v) is 18.9. The Kier molecular flexibility index (Phi) is 8.47. The molecule has 1 aliphatic rings. The molecule has 1 saturated heterocycles. The lowest BCUT2D eigenvalue weighted by atomic mass is 10.1. The molecule has 1 fully saturated rings. The number of aliphatic imine (C=N–C) groups is 1. The number of rotatable bonds is 4. The van der Waals surface area contributed by atoms with Crippen molar-refractivity contribution in [1.29, 1.82) is 0 Å². The third-order valence-corrected chi connectivity index (χ3v) is 7.18. The molecular formula is C17H27ClIN3O2S. The summed E-state index contributed by atoms with van der Waals surface area (Å²) in [7, 11) is -3.05. The van der Waals surface area contributed by atoms with Gasteiger partial charge >= 0.3 is 0 Å². The van der Waals surface area contributed by atoms with Crippen LogP contribution in [0.2, 0.25) is 5.02 Å². The fraction of sp³-hybridized carbons (Fsp3) is 0.588. The van der Waals surface area contributed by atoms with Crippen molar-refractivity contribution in [1.82, 2.24) is 10.2 Å². The van der Waals surface area contributed by atoms with Crippen LogP contribution in [0.15, 0.2) is 29.3 Å². The molecular weight excluding hydrogens is 473 g/mol. The third kappa shape index (κ3) is 5.72. The summed E-state index contributed by atoms with van der Waals surface area (Å²) in [5, 5.41) is 4.02. The first-order chi connectivity index (χ1) is 11.3. The Labute approximate surface area is 173 Å². The number of nitrogens with one attached hydrogen (secondary N) is 1. The molecule has 1 aromatic rings. The molecule has 0 bridgehead atoms. The van der Waals surface area contributed by atoms with Crippen molar-refractivity contribution in [3.63, 3.8) is 0 Å². The number of sulfone groups is 1. The Morgan fingerprint density at radius 3 is 2.64 bits per heavy atom. The molecule has 0 radical (unpaired) electrons. The summed E-state index contributed by atoms with van der Waals surface area (Å²) in [6.45, 7) is 7.85. The second-order valence-corrected chi connectivity index (χ2v) is 9.73. The van der Waals surface area contributed by atoms with Gasteiger partial charge in [0.15, 0.2) is 15.8 Å². The van der Waals surface area contributed by atoms with Gasteiger partial charge in [-0.2, -0.15) is 0 Å². The lowest BCUT2D eigenvalue weighted by Crippen LogP contribution is -2.57. The van der Waals surface area contributed by atoms with Gasteiger partial charge in [-0.05, 0) is 38.8 Å². The standard InChI is InChI=1S/C17H26ClN3O2S.HI/c1-4-19-16(20-10-9-14-7-5-6-8-15(14)18)21-11-12-24(22,23)17(2,3)13-21;/h5-8H,4,9-13H2,1-3H3,(H,19,20);1H. The summed E-state index contributed by atoms with van der Waals surface area (Å²) in [4.78, 5) is 6.70. The van der Waals surface area contributed by atoms with E-state index < -0.39 is 14.6 Å². The third-order valence-electron chi connectivity index (χ3n) is 4.28. The minimum atomic E-state index is -3.05. The molecule has 0 aliphatic carbocycles. The normalized spacial score (nSPS) is 19.2. The average Bonchev–Trinajstić information content (AvgIpc) is 2.51. The maximum atomic E-state index is 12.2. The summed E-state index contributed by atoms with van der Waals surface area (Å²) in [5.74, 6) is 0.932. The molecule has 0 atom stereocenters. The first-order valence-corrected chi connectivity index (χ1v) is 10.3. The Bertz CT molecular complexity index is 708. The molecule has 2 rings (SSSR count). The van der Waals surface area contributed by atoms with E-state index in [0.29, 0.717) is 19.6 Å². The van der Waals surface area contributed by atoms with Gasteiger partial charge in [-0.15, -0.1) is 24.0 Å². The van der Waals surface area contributed by atoms with Crippen LogP contribution in [0.25, 0.3) is 0 Å². The van der Waals surface area contributed by atoms with Crippen LogP contribution >= 0.6 is 35.6 Å². The predicted molar refractivity (Wildman–Crippen MR) is 116 cm³/mol. The van der Waals surface area contributed by atoms with Gasteiger partial charge in [-0.3, -0.25) is 4.99 Å². The number of guanidine groups is 1. The number of hydrogen-bond acceptors (Lipinski definition) is 3. The Morgan fingerprint density at radius 2 is 2.04 bits per heavy atom. The van der Waals surface area contributed by atoms with Gasteiger partial charge in [0, 0.05) is 31.2 Å². The fourth-order valence-corrected chi connectivity index (χ4v) is 4.33. The highest BCUT2D eigenvalue weighted by atomic mass is 127. The summed E-state index contributed by atoms with van der Waals surface area (Å²) >= 11 is 6.18. The van der Waals surface area contributed by atoms with Gasteiger partial charge in [0.25, 0.3) is 0 Å². The highest BCUT2D eigenvalue weighted by Crippen LogP contribution is 2.23. The van der Waals surface area contributed by atoms with E-state index in [2.05, 4.69) is 10.3 Å². The lowest BCUT2D eigenvalue weighted by molar-refractivity contribution is 0.353. The summed E-state index contributed by atoms with van der Waals surface area (Å²) in [6, 6.07) is 7.76. The van der Waals surface area contributed by atoms with E-state index in [0.717, 1.165) is 29.5 Å². The van der Waals surface area contributed by atoms with Gasteiger partial charge in [0.05, 0.1) is 10.5 Å². The van der Waals surface area contributed by atoms with Crippen molar-refractivity contribution in [2.45, 2.75) is 31.9 Å². The van der Waals surface area contributed by atoms with Crippen LogP contribution in [-0.2, 0) is 16.3 Å². The molecule has 142 valence electrons. The molecule has 0 aromatic heterocycles. The smallest absolute Gasteiger partial charge is 0.194 e. The highest BCUT2D eigenvalue weighted by Gasteiger charge is 2.40. The topological polar surface area (TPSA) is 61.8 Å². The van der Waals surface area contributed by atoms with Gasteiger partial charge < -0.3 is 10.2 Å². The van der Waals surface area contributed by atoms with Crippen molar-refractivity contribution in [2.24, 2.45) is 4.99 Å². The molecule has 0 unspecified atom stereocenters. The second-order valence-electron chi connectivity index (χ2n) is 6.58. The first kappa shape index (κ1) is 22.5. The first-order valence-electron chi connectivity index (χ1n) is 8.26. The minimum absolute atomic E-state index is 0. The van der Waals surface area contributed by atoms with E-state index in [9.17, 15) is 8.42 Å². The fourth-order valence-electron chi connectivity index (χ4n) is 2.73. The lowest BCUT2D eigenvalue weighted by Gasteiger charge is -2.39. The van der Waals surface area contributed by atoms with E-state index in [4.69, 9.17) is 11.6 Å². The minimum Gasteiger partial charge on any atom is -0.357 e. The molecule has 1 aliphatic heterocycles. The quantitative estimate of drug-likeness (QED) is 0.393. The monoisotopic (exact) mass is 499 g/mol. The number of nitrogens with zero attached hydrogens (tertiary/aromatic N) is 2. The molecule has 0 amide bonds. The summed E-state index contributed by atoms with van der Waals surface area (Å²) in [5.41, 5.74) is 1.07. The zero-order chi connectivity index (χ0) is 17.8. The summed E-state index contributed by atoms with van der Waals surface area (Å²) < 4.78 is 23.6. The highest BCUT2D eigenvalue weighted by molar-refractivity contribution is 14.0. The Hall–Kier alpha value is -0.540. The maximum Gasteiger partial charge on any atom is 0.194 e. The number of hydrogen-bond donors (Lipinski definition) is 1. The van der Waals surface area contributed by atoms with Crippen LogP contribution in [0.4, 0.5) is 0 Å². The van der Waals surface area contributed by atoms with Gasteiger partial charge in [0.1, 0.15) is 0 Å². The number of benzene rings is 1. The predicted octanol–water partition coefficient (Wildman–Crippen LogP) is 2.98. The molecule has 25 heavy (non-hydrogen) atoms. The Balaban J connectivity index is 0.00000312. The zero-order valence-electron chi connectivity index (χ0n) is 15.0. The van der Waals surface area contributed by atoms with E-state index in [1.54, 1.807) is 13.8 Å². The summed E-state index contributed by atoms with van der Waals surface area (Å²) in [6.07, 6.45) is 0.754. The van der Waals surface area contributed by atoms with Gasteiger partial charge in [-0.25, -0.2) is 8.42 Å². The molecule has 5 nitrogen and oxygen atoms in total. The van der Waals surface area contributed by atoms with Crippen LogP contribution < -0.4 is 5.32 Å². The van der Waals surface area contributed by atoms with Crippen LogP contribution in [0.1, 0.15) is 26.3 Å². The van der Waals surface area contributed by atoms with Crippen LogP contribution in [0.5, 0.6) is 0 Å². The van der Waals surface area contributed by atoms with E-state index in [-0.39, 0.29) is 29.7 Å². The van der Waals surface area contributed by atoms with E-state index in [1.807, 2.05) is 36.1 Å². The van der Waals surface area contributed by atoms with E-state index in [1.165, 1.54) is 0 Å². The molecule has 0 spiro atoms. The number of halogens is 2. The SMILES string of the molecule is CCNC(=NCCc1ccccc1Cl)N1CCS(=O)(=O)C(C)(C)C1.I. The molecule has 0 saturated carbocycles. The van der Waals surface area contributed by atoms with Crippen molar-refractivity contribution < 1.29 is 8.42 Å². The van der Waals surface area contributed by atoms with Crippen molar-refractivity contribution in [3.8, 4) is 0 Å². The van der Waals surface area contributed by atoms with Crippen molar-refractivity contribution >= 4 is 51.4 Å². The molecule has 1 aromatic carbocycles. The molecule has 8 heteroatoms.